The zero-order chi connectivity index (χ0) is 16.9. The van der Waals surface area contributed by atoms with Crippen LogP contribution in [-0.4, -0.2) is 70.9 Å². The van der Waals surface area contributed by atoms with Crippen molar-refractivity contribution < 1.29 is 9.59 Å². The third-order valence-corrected chi connectivity index (χ3v) is 4.77. The van der Waals surface area contributed by atoms with E-state index in [1.54, 1.807) is 4.68 Å². The highest BCUT2D eigenvalue weighted by molar-refractivity contribution is 5.76. The monoisotopic (exact) mass is 334 g/mol. The predicted octanol–water partition coefficient (Wildman–Crippen LogP) is 0.409. The van der Waals surface area contributed by atoms with Crippen molar-refractivity contribution in [3.05, 3.63) is 18.0 Å². The molecule has 3 heterocycles. The summed E-state index contributed by atoms with van der Waals surface area (Å²) in [7, 11) is 1.89. The molecule has 8 heteroatoms. The van der Waals surface area contributed by atoms with Crippen molar-refractivity contribution >= 4 is 12.1 Å². The molecule has 2 aliphatic heterocycles. The fraction of sp³-hybridized carbons (Fsp3) is 0.688. The van der Waals surface area contributed by atoms with E-state index in [2.05, 4.69) is 15.7 Å². The number of likely N-dealkylation sites (tertiary alicyclic amines) is 1. The van der Waals surface area contributed by atoms with E-state index in [0.717, 1.165) is 57.5 Å². The first-order valence-corrected chi connectivity index (χ1v) is 8.65. The molecule has 1 aromatic rings. The van der Waals surface area contributed by atoms with Gasteiger partial charge in [0.05, 0.1) is 6.20 Å². The lowest BCUT2D eigenvalue weighted by Crippen LogP contribution is -2.46. The number of hydrogen-bond acceptors (Lipinski definition) is 3. The lowest BCUT2D eigenvalue weighted by atomic mass is 9.96. The number of carbonyl (C=O) groups excluding carboxylic acids is 2. The molecule has 2 saturated heterocycles. The first-order chi connectivity index (χ1) is 11.6. The Morgan fingerprint density at radius 2 is 2.17 bits per heavy atom. The van der Waals surface area contributed by atoms with Gasteiger partial charge in [-0.05, 0) is 30.7 Å². The summed E-state index contributed by atoms with van der Waals surface area (Å²) in [5.74, 6) is 0.494. The number of amides is 4. The van der Waals surface area contributed by atoms with Crippen LogP contribution in [0.4, 0.5) is 9.59 Å². The minimum absolute atomic E-state index is 0.0104. The maximum atomic E-state index is 12.2. The Morgan fingerprint density at radius 3 is 2.79 bits per heavy atom. The number of carbonyl (C=O) groups is 2. The second-order valence-corrected chi connectivity index (χ2v) is 6.61. The van der Waals surface area contributed by atoms with Crippen LogP contribution in [0.2, 0.25) is 0 Å². The topological polar surface area (TPSA) is 82.5 Å². The largest absolute Gasteiger partial charge is 0.338 e. The van der Waals surface area contributed by atoms with Crippen LogP contribution in [0.1, 0.15) is 18.4 Å². The average Bonchev–Trinajstić information content (AvgIpc) is 3.17. The van der Waals surface area contributed by atoms with Gasteiger partial charge in [-0.25, -0.2) is 9.59 Å². The fourth-order valence-electron chi connectivity index (χ4n) is 3.34. The molecule has 2 N–H and O–H groups in total. The summed E-state index contributed by atoms with van der Waals surface area (Å²) in [5, 5.41) is 9.93. The zero-order valence-corrected chi connectivity index (χ0v) is 14.2. The van der Waals surface area contributed by atoms with Crippen molar-refractivity contribution in [2.24, 2.45) is 13.0 Å². The Labute approximate surface area is 142 Å². The molecule has 0 aliphatic carbocycles. The molecule has 0 saturated carbocycles. The molecule has 2 aliphatic rings. The lowest BCUT2D eigenvalue weighted by Gasteiger charge is -2.33. The van der Waals surface area contributed by atoms with Crippen molar-refractivity contribution in [2.45, 2.75) is 19.3 Å². The molecule has 0 spiro atoms. The van der Waals surface area contributed by atoms with Gasteiger partial charge in [0.15, 0.2) is 0 Å². The Bertz CT molecular complexity index is 579. The predicted molar refractivity (Wildman–Crippen MR) is 89.6 cm³/mol. The summed E-state index contributed by atoms with van der Waals surface area (Å²) in [4.78, 5) is 27.6. The van der Waals surface area contributed by atoms with Gasteiger partial charge in [0.1, 0.15) is 0 Å². The highest BCUT2D eigenvalue weighted by atomic mass is 16.2. The summed E-state index contributed by atoms with van der Waals surface area (Å²) in [5.41, 5.74) is 1.13. The van der Waals surface area contributed by atoms with Gasteiger partial charge < -0.3 is 20.4 Å². The minimum atomic E-state index is 0.0104. The molecule has 24 heavy (non-hydrogen) atoms. The van der Waals surface area contributed by atoms with Gasteiger partial charge in [-0.2, -0.15) is 5.10 Å². The van der Waals surface area contributed by atoms with Crippen LogP contribution in [0, 0.1) is 5.92 Å². The summed E-state index contributed by atoms with van der Waals surface area (Å²) < 4.78 is 1.77. The Balaban J connectivity index is 1.34. The normalized spacial score (nSPS) is 18.8. The highest BCUT2D eigenvalue weighted by Crippen LogP contribution is 2.19. The minimum Gasteiger partial charge on any atom is -0.338 e. The maximum absolute atomic E-state index is 12.2. The van der Waals surface area contributed by atoms with E-state index >= 15 is 0 Å². The van der Waals surface area contributed by atoms with Gasteiger partial charge in [-0.1, -0.05) is 0 Å². The van der Waals surface area contributed by atoms with E-state index in [1.165, 1.54) is 0 Å². The molecule has 0 bridgehead atoms. The van der Waals surface area contributed by atoms with Gasteiger partial charge in [-0.3, -0.25) is 4.68 Å². The summed E-state index contributed by atoms with van der Waals surface area (Å²) in [6, 6.07) is 0.0573. The number of rotatable bonds is 5. The summed E-state index contributed by atoms with van der Waals surface area (Å²) in [6.45, 7) is 4.50. The molecule has 0 radical (unpaired) electrons. The van der Waals surface area contributed by atoms with E-state index in [9.17, 15) is 9.59 Å². The Hall–Kier alpha value is -2.25. The maximum Gasteiger partial charge on any atom is 0.317 e. The fourth-order valence-corrected chi connectivity index (χ4v) is 3.34. The number of aryl methyl sites for hydroxylation is 1. The van der Waals surface area contributed by atoms with Crippen molar-refractivity contribution in [1.82, 2.24) is 30.2 Å². The molecule has 0 aromatic carbocycles. The van der Waals surface area contributed by atoms with Crippen molar-refractivity contribution in [3.8, 4) is 0 Å². The average molecular weight is 334 g/mol. The second kappa shape index (κ2) is 7.55. The van der Waals surface area contributed by atoms with Crippen molar-refractivity contribution in [1.29, 1.82) is 0 Å². The molecule has 8 nitrogen and oxygen atoms in total. The first-order valence-electron chi connectivity index (χ1n) is 8.65. The molecule has 1 aromatic heterocycles. The number of piperidine rings is 1. The van der Waals surface area contributed by atoms with Crippen LogP contribution in [0.5, 0.6) is 0 Å². The van der Waals surface area contributed by atoms with Crippen LogP contribution in [0.3, 0.4) is 0 Å². The van der Waals surface area contributed by atoms with Crippen LogP contribution in [0.25, 0.3) is 0 Å². The van der Waals surface area contributed by atoms with Crippen LogP contribution < -0.4 is 10.6 Å². The van der Waals surface area contributed by atoms with Crippen LogP contribution >= 0.6 is 0 Å². The van der Waals surface area contributed by atoms with Crippen molar-refractivity contribution in [2.75, 3.05) is 39.3 Å². The lowest BCUT2D eigenvalue weighted by molar-refractivity contribution is 0.155. The molecule has 0 atom stereocenters. The van der Waals surface area contributed by atoms with Crippen molar-refractivity contribution in [3.63, 3.8) is 0 Å². The van der Waals surface area contributed by atoms with Crippen LogP contribution in [-0.2, 0) is 13.5 Å². The molecule has 3 rings (SSSR count). The van der Waals surface area contributed by atoms with Gasteiger partial charge in [0.2, 0.25) is 0 Å². The Kier molecular flexibility index (Phi) is 5.22. The number of aromatic nitrogens is 2. The third-order valence-electron chi connectivity index (χ3n) is 4.77. The molecule has 0 unspecified atom stereocenters. The van der Waals surface area contributed by atoms with Crippen LogP contribution in [0.15, 0.2) is 12.4 Å². The quantitative estimate of drug-likeness (QED) is 0.818. The second-order valence-electron chi connectivity index (χ2n) is 6.61. The third kappa shape index (κ3) is 4.18. The van der Waals surface area contributed by atoms with E-state index in [-0.39, 0.29) is 12.1 Å². The molecular formula is C16H26N6O2. The van der Waals surface area contributed by atoms with Gasteiger partial charge in [0, 0.05) is 52.5 Å². The van der Waals surface area contributed by atoms with E-state index < -0.39 is 0 Å². The van der Waals surface area contributed by atoms with Gasteiger partial charge >= 0.3 is 12.1 Å². The molecule has 2 fully saturated rings. The summed E-state index contributed by atoms with van der Waals surface area (Å²) >= 11 is 0. The standard InChI is InChI=1S/C16H26N6O2/c1-20-11-14(10-19-20)2-5-17-15(23)21-7-3-13(4-8-21)12-22-9-6-18-16(22)24/h10-11,13H,2-9,12H2,1H3,(H,17,23)(H,18,24). The number of hydrogen-bond donors (Lipinski definition) is 2. The smallest absolute Gasteiger partial charge is 0.317 e. The molecule has 132 valence electrons. The molecule has 4 amide bonds. The SMILES string of the molecule is Cn1cc(CCNC(=O)N2CCC(CN3CCNC3=O)CC2)cn1. The van der Waals surface area contributed by atoms with E-state index in [0.29, 0.717) is 12.5 Å². The van der Waals surface area contributed by atoms with E-state index in [1.807, 2.05) is 29.2 Å². The Morgan fingerprint density at radius 1 is 1.38 bits per heavy atom. The molecular weight excluding hydrogens is 308 g/mol. The highest BCUT2D eigenvalue weighted by Gasteiger charge is 2.27. The van der Waals surface area contributed by atoms with Gasteiger partial charge in [0.25, 0.3) is 0 Å². The van der Waals surface area contributed by atoms with E-state index in [4.69, 9.17) is 0 Å². The number of nitrogens with one attached hydrogen (secondary N) is 2. The van der Waals surface area contributed by atoms with Gasteiger partial charge in [-0.15, -0.1) is 0 Å². The first kappa shape index (κ1) is 16.6. The zero-order valence-electron chi connectivity index (χ0n) is 14.2. The number of urea groups is 2. The summed E-state index contributed by atoms with van der Waals surface area (Å²) in [6.07, 6.45) is 6.50. The number of nitrogens with zero attached hydrogens (tertiary/aromatic N) is 4.